The zero-order valence-electron chi connectivity index (χ0n) is 34.8. The summed E-state index contributed by atoms with van der Waals surface area (Å²) in [6, 6.07) is 36.0. The normalized spacial score (nSPS) is 18.1. The molecule has 0 spiro atoms. The number of aromatic nitrogens is 3. The molecule has 2 aromatic heterocycles. The molecule has 346 valence electrons. The Bertz CT molecular complexity index is 2970. The predicted molar refractivity (Wildman–Crippen MR) is 234 cm³/mol. The number of phosphoric acid groups is 2. The maximum atomic E-state index is 14.1. The summed E-state index contributed by atoms with van der Waals surface area (Å²) in [5.74, 6) is -0.860. The van der Waals surface area contributed by atoms with Gasteiger partial charge in [0.15, 0.2) is 11.8 Å². The third kappa shape index (κ3) is 11.5. The highest BCUT2D eigenvalue weighted by Gasteiger charge is 2.46. The van der Waals surface area contributed by atoms with Crippen LogP contribution in [0.5, 0.6) is 11.5 Å². The maximum absolute atomic E-state index is 14.1. The van der Waals surface area contributed by atoms with E-state index in [9.17, 15) is 43.4 Å². The number of fused-ring (bicyclic) bond motifs is 1. The van der Waals surface area contributed by atoms with Gasteiger partial charge in [0.1, 0.15) is 35.5 Å². The van der Waals surface area contributed by atoms with Crippen LogP contribution in [0, 0.1) is 0 Å². The van der Waals surface area contributed by atoms with E-state index in [-0.39, 0.29) is 23.7 Å². The van der Waals surface area contributed by atoms with E-state index in [4.69, 9.17) is 36.6 Å². The summed E-state index contributed by atoms with van der Waals surface area (Å²) in [6.45, 7) is -2.33. The van der Waals surface area contributed by atoms with Crippen LogP contribution in [0.3, 0.4) is 0 Å². The van der Waals surface area contributed by atoms with E-state index in [1.54, 1.807) is 84.9 Å². The van der Waals surface area contributed by atoms with Gasteiger partial charge in [0, 0.05) is 17.6 Å². The average Bonchev–Trinajstić information content (AvgIpc) is 3.88. The van der Waals surface area contributed by atoms with Gasteiger partial charge in [-0.3, -0.25) is 27.5 Å². The molecule has 0 bridgehead atoms. The number of phosphoric ester groups is 2. The number of nitrogens with zero attached hydrogens (tertiary/aromatic N) is 3. The highest BCUT2D eigenvalue weighted by Crippen LogP contribution is 2.64. The Kier molecular flexibility index (Phi) is 14.3. The van der Waals surface area contributed by atoms with Gasteiger partial charge >= 0.3 is 33.3 Å². The van der Waals surface area contributed by atoms with Crippen LogP contribution >= 0.6 is 15.6 Å². The highest BCUT2D eigenvalue weighted by atomic mass is 31.3. The van der Waals surface area contributed by atoms with E-state index in [1.165, 1.54) is 48.5 Å². The lowest BCUT2D eigenvalue weighted by molar-refractivity contribution is -0.0549. The fraction of sp³-hybridized carbons (Fsp3) is 0.178. The molecule has 0 saturated carbocycles. The summed E-state index contributed by atoms with van der Waals surface area (Å²) < 4.78 is 72.1. The molecule has 7 aromatic rings. The second kappa shape index (κ2) is 20.5. The molecule has 0 aliphatic carbocycles. The first kappa shape index (κ1) is 46.8. The van der Waals surface area contributed by atoms with E-state index in [1.807, 2.05) is 0 Å². The van der Waals surface area contributed by atoms with Gasteiger partial charge < -0.3 is 33.8 Å². The largest absolute Gasteiger partial charge is 0.484 e. The number of aliphatic hydroxyl groups excluding tert-OH is 2. The van der Waals surface area contributed by atoms with Crippen molar-refractivity contribution in [3.05, 3.63) is 195 Å². The van der Waals surface area contributed by atoms with Gasteiger partial charge in [0.25, 0.3) is 5.56 Å². The van der Waals surface area contributed by atoms with Gasteiger partial charge in [-0.1, -0.05) is 78.0 Å². The number of rotatable bonds is 18. The third-order valence-electron chi connectivity index (χ3n) is 10.1. The molecule has 20 nitrogen and oxygen atoms in total. The monoisotopic (exact) mass is 955 g/mol. The lowest BCUT2D eigenvalue weighted by Crippen LogP contribution is -2.43. The van der Waals surface area contributed by atoms with Crippen LogP contribution in [0.4, 0.5) is 0 Å². The topological polar surface area (TPSA) is 264 Å². The summed E-state index contributed by atoms with van der Waals surface area (Å²) in [5.41, 5.74) is 0.350. The highest BCUT2D eigenvalue weighted by molar-refractivity contribution is 7.61. The number of aliphatic hydroxyl groups is 2. The quantitative estimate of drug-likeness (QED) is 0.0511. The van der Waals surface area contributed by atoms with E-state index in [0.717, 1.165) is 21.4 Å². The summed E-state index contributed by atoms with van der Waals surface area (Å²) in [6.07, 6.45) is -5.78. The SMILES string of the molecule is O=C(Oc1ccc(COP(=O)(OCc2ccc(OC(=O)c3ccccc3)cc2)OP(=O)(O)OC[C@H]2O[C@@H](n3ccc(=O)n(Cc4noc5ccccc45)c3=O)[C@@H](O)C2O)cc1)c1ccccc1. The van der Waals surface area contributed by atoms with Crippen LogP contribution < -0.4 is 20.7 Å². The standard InChI is InChI=1S/C45H39N3O17P2/c49-39-23-24-47(45(54)48(39)25-36-35-13-7-8-14-37(35)64-46-36)42-41(51)40(50)38(63-42)28-58-66(55,56)65-67(57,59-26-29-15-19-33(20-16-29)61-43(52)31-9-3-1-4-10-31)60-27-30-17-21-34(22-18-30)62-44(53)32-11-5-2-6-12-32/h1-24,38,40-42,50-51H,25-28H2,(H,55,56)/t38-,40?,41+,42-/m1/s1. The number of hydrogen-bond donors (Lipinski definition) is 3. The fourth-order valence-corrected chi connectivity index (χ4v) is 9.27. The van der Waals surface area contributed by atoms with Crippen molar-refractivity contribution in [2.75, 3.05) is 6.61 Å². The van der Waals surface area contributed by atoms with E-state index in [2.05, 4.69) is 5.16 Å². The van der Waals surface area contributed by atoms with Crippen LogP contribution in [-0.2, 0) is 51.5 Å². The zero-order chi connectivity index (χ0) is 47.1. The predicted octanol–water partition coefficient (Wildman–Crippen LogP) is 5.93. The molecule has 1 fully saturated rings. The van der Waals surface area contributed by atoms with Crippen molar-refractivity contribution in [1.82, 2.24) is 14.3 Å². The van der Waals surface area contributed by atoms with Gasteiger partial charge in [-0.2, -0.15) is 4.31 Å². The molecular weight excluding hydrogens is 916 g/mol. The number of benzene rings is 5. The first-order valence-corrected chi connectivity index (χ1v) is 23.2. The Morgan fingerprint density at radius 1 is 0.672 bits per heavy atom. The zero-order valence-corrected chi connectivity index (χ0v) is 36.6. The second-order valence-electron chi connectivity index (χ2n) is 14.7. The van der Waals surface area contributed by atoms with Crippen molar-refractivity contribution in [2.24, 2.45) is 0 Å². The van der Waals surface area contributed by atoms with Crippen molar-refractivity contribution >= 4 is 38.6 Å². The fourth-order valence-electron chi connectivity index (χ4n) is 6.67. The molecule has 5 aromatic carbocycles. The number of carbonyl (C=O) groups excluding carboxylic acids is 2. The lowest BCUT2D eigenvalue weighted by atomic mass is 10.1. The van der Waals surface area contributed by atoms with Crippen LogP contribution in [-0.4, -0.2) is 66.3 Å². The van der Waals surface area contributed by atoms with Gasteiger partial charge in [-0.15, -0.1) is 0 Å². The summed E-state index contributed by atoms with van der Waals surface area (Å²) in [5, 5.41) is 26.4. The average molecular weight is 956 g/mol. The van der Waals surface area contributed by atoms with Crippen LogP contribution in [0.2, 0.25) is 0 Å². The number of carbonyl (C=O) groups is 2. The third-order valence-corrected chi connectivity index (χ3v) is 13.1. The molecule has 0 amide bonds. The molecular formula is C45H39N3O17P2. The molecule has 8 rings (SSSR count). The van der Waals surface area contributed by atoms with E-state index in [0.29, 0.717) is 33.2 Å². The molecule has 67 heavy (non-hydrogen) atoms. The number of para-hydroxylation sites is 1. The molecule has 0 radical (unpaired) electrons. The Morgan fingerprint density at radius 3 is 1.78 bits per heavy atom. The van der Waals surface area contributed by atoms with Gasteiger partial charge in [0.05, 0.1) is 37.5 Å². The first-order chi connectivity index (χ1) is 32.2. The summed E-state index contributed by atoms with van der Waals surface area (Å²) in [4.78, 5) is 62.3. The number of esters is 2. The molecule has 3 heterocycles. The van der Waals surface area contributed by atoms with Crippen molar-refractivity contribution in [3.63, 3.8) is 0 Å². The first-order valence-electron chi connectivity index (χ1n) is 20.2. The van der Waals surface area contributed by atoms with Gasteiger partial charge in [0.2, 0.25) is 0 Å². The molecule has 2 unspecified atom stereocenters. The minimum Gasteiger partial charge on any atom is -0.423 e. The maximum Gasteiger partial charge on any atom is 0.484 e. The number of hydrogen-bond acceptors (Lipinski definition) is 17. The van der Waals surface area contributed by atoms with Crippen LogP contribution in [0.15, 0.2) is 160 Å². The van der Waals surface area contributed by atoms with Crippen LogP contribution in [0.25, 0.3) is 11.0 Å². The Morgan fingerprint density at radius 2 is 1.21 bits per heavy atom. The van der Waals surface area contributed by atoms with Crippen molar-refractivity contribution < 1.29 is 70.4 Å². The van der Waals surface area contributed by atoms with E-state index < -0.39 is 83.2 Å². The van der Waals surface area contributed by atoms with E-state index >= 15 is 0 Å². The van der Waals surface area contributed by atoms with Crippen molar-refractivity contribution in [2.45, 2.75) is 44.3 Å². The lowest BCUT2D eigenvalue weighted by Gasteiger charge is -2.22. The minimum atomic E-state index is -5.46. The van der Waals surface area contributed by atoms with Crippen molar-refractivity contribution in [1.29, 1.82) is 0 Å². The molecule has 3 N–H and O–H groups in total. The molecule has 1 aliphatic heterocycles. The summed E-state index contributed by atoms with van der Waals surface area (Å²) in [7, 11) is -10.5. The van der Waals surface area contributed by atoms with Crippen LogP contribution in [0.1, 0.15) is 43.8 Å². The molecule has 5 atom stereocenters. The van der Waals surface area contributed by atoms with Crippen molar-refractivity contribution in [3.8, 4) is 11.5 Å². The minimum absolute atomic E-state index is 0.176. The van der Waals surface area contributed by atoms with Gasteiger partial charge in [-0.25, -0.2) is 23.5 Å². The second-order valence-corrected chi connectivity index (χ2v) is 18.0. The molecule has 22 heteroatoms. The molecule has 1 saturated heterocycles. The Balaban J connectivity index is 0.937. The smallest absolute Gasteiger partial charge is 0.423 e. The molecule has 1 aliphatic rings. The Hall–Kier alpha value is -6.67. The van der Waals surface area contributed by atoms with Gasteiger partial charge in [-0.05, 0) is 71.8 Å². The summed E-state index contributed by atoms with van der Waals surface area (Å²) >= 11 is 0. The number of ether oxygens (including phenoxy) is 3. The Labute approximate surface area is 379 Å².